The fourth-order valence-electron chi connectivity index (χ4n) is 2.55. The fraction of sp³-hybridized carbons (Fsp3) is 0.625. The molecule has 0 bridgehead atoms. The smallest absolute Gasteiger partial charge is 0.158 e. The molecular weight excluding hydrogens is 286 g/mol. The van der Waals surface area contributed by atoms with Crippen molar-refractivity contribution in [3.8, 4) is 5.75 Å². The van der Waals surface area contributed by atoms with Gasteiger partial charge in [-0.25, -0.2) is 8.42 Å². The van der Waals surface area contributed by atoms with Gasteiger partial charge >= 0.3 is 0 Å². The lowest BCUT2D eigenvalue weighted by molar-refractivity contribution is 0.333. The van der Waals surface area contributed by atoms with Crippen molar-refractivity contribution in [2.75, 3.05) is 12.4 Å². The van der Waals surface area contributed by atoms with E-state index in [0.29, 0.717) is 0 Å². The van der Waals surface area contributed by atoms with Crippen molar-refractivity contribution in [3.05, 3.63) is 29.3 Å². The van der Waals surface area contributed by atoms with Crippen molar-refractivity contribution in [3.63, 3.8) is 0 Å². The molecular formula is C16H25NO3S. The van der Waals surface area contributed by atoms with Crippen molar-refractivity contribution in [1.29, 1.82) is 0 Å². The summed E-state index contributed by atoms with van der Waals surface area (Å²) in [5, 5.41) is 0. The third-order valence-corrected chi connectivity index (χ3v) is 6.62. The van der Waals surface area contributed by atoms with Crippen LogP contribution in [-0.2, 0) is 16.3 Å². The molecule has 1 aliphatic rings. The van der Waals surface area contributed by atoms with Gasteiger partial charge in [0.05, 0.1) is 10.5 Å². The highest BCUT2D eigenvalue weighted by Crippen LogP contribution is 2.34. The van der Waals surface area contributed by atoms with Crippen molar-refractivity contribution >= 4 is 9.84 Å². The van der Waals surface area contributed by atoms with Gasteiger partial charge in [-0.1, -0.05) is 12.1 Å². The quantitative estimate of drug-likeness (QED) is 0.928. The Hall–Kier alpha value is -1.07. The van der Waals surface area contributed by atoms with Crippen molar-refractivity contribution < 1.29 is 13.2 Å². The molecule has 0 aromatic heterocycles. The first-order chi connectivity index (χ1) is 9.72. The summed E-state index contributed by atoms with van der Waals surface area (Å²) in [6.45, 7) is 5.33. The summed E-state index contributed by atoms with van der Waals surface area (Å²) in [6.07, 6.45) is 2.99. The molecule has 0 heterocycles. The van der Waals surface area contributed by atoms with E-state index in [1.165, 1.54) is 0 Å². The number of fused-ring (bicyclic) bond motifs is 1. The molecule has 2 rings (SSSR count). The predicted molar refractivity (Wildman–Crippen MR) is 85.3 cm³/mol. The molecule has 0 aliphatic heterocycles. The van der Waals surface area contributed by atoms with Gasteiger partial charge in [0, 0.05) is 6.04 Å². The van der Waals surface area contributed by atoms with Crippen LogP contribution in [0.15, 0.2) is 18.2 Å². The van der Waals surface area contributed by atoms with Gasteiger partial charge in [-0.3, -0.25) is 0 Å². The number of rotatable bonds is 4. The van der Waals surface area contributed by atoms with Gasteiger partial charge in [-0.15, -0.1) is 0 Å². The summed E-state index contributed by atoms with van der Waals surface area (Å²) < 4.78 is 29.2. The highest BCUT2D eigenvalue weighted by molar-refractivity contribution is 7.92. The lowest BCUT2D eigenvalue weighted by Crippen LogP contribution is -2.32. The highest BCUT2D eigenvalue weighted by atomic mass is 32.2. The van der Waals surface area contributed by atoms with Gasteiger partial charge in [0.15, 0.2) is 9.84 Å². The molecule has 0 fully saturated rings. The lowest BCUT2D eigenvalue weighted by Gasteiger charge is -2.25. The van der Waals surface area contributed by atoms with Crippen LogP contribution < -0.4 is 10.5 Å². The molecule has 21 heavy (non-hydrogen) atoms. The minimum atomic E-state index is -3.15. The van der Waals surface area contributed by atoms with Gasteiger partial charge in [-0.2, -0.15) is 0 Å². The molecule has 0 saturated heterocycles. The van der Waals surface area contributed by atoms with E-state index >= 15 is 0 Å². The molecule has 0 spiro atoms. The third kappa shape index (κ3) is 3.58. The molecule has 1 aromatic rings. The number of sulfone groups is 1. The SMILES string of the molecule is CC(C)(C)S(=O)(=O)CCOc1cccc2c1CCCC2N. The van der Waals surface area contributed by atoms with Crippen LogP contribution in [0, 0.1) is 0 Å². The Morgan fingerprint density at radius 3 is 2.71 bits per heavy atom. The van der Waals surface area contributed by atoms with E-state index in [1.54, 1.807) is 20.8 Å². The monoisotopic (exact) mass is 311 g/mol. The predicted octanol–water partition coefficient (Wildman–Crippen LogP) is 2.61. The van der Waals surface area contributed by atoms with E-state index in [0.717, 1.165) is 36.1 Å². The van der Waals surface area contributed by atoms with E-state index < -0.39 is 14.6 Å². The molecule has 1 unspecified atom stereocenters. The van der Waals surface area contributed by atoms with Crippen LogP contribution in [0.4, 0.5) is 0 Å². The van der Waals surface area contributed by atoms with Crippen LogP contribution in [0.2, 0.25) is 0 Å². The van der Waals surface area contributed by atoms with Crippen molar-refractivity contribution in [1.82, 2.24) is 0 Å². The number of hydrogen-bond acceptors (Lipinski definition) is 4. The van der Waals surface area contributed by atoms with Gasteiger partial charge in [0.1, 0.15) is 12.4 Å². The lowest BCUT2D eigenvalue weighted by atomic mass is 9.88. The molecule has 2 N–H and O–H groups in total. The van der Waals surface area contributed by atoms with Crippen molar-refractivity contribution in [2.24, 2.45) is 5.73 Å². The van der Waals surface area contributed by atoms with Crippen LogP contribution in [0.3, 0.4) is 0 Å². The second-order valence-electron chi connectivity index (χ2n) is 6.60. The van der Waals surface area contributed by atoms with E-state index in [9.17, 15) is 8.42 Å². The normalized spacial score (nSPS) is 19.1. The second-order valence-corrected chi connectivity index (χ2v) is 9.46. The summed E-state index contributed by atoms with van der Waals surface area (Å²) >= 11 is 0. The van der Waals surface area contributed by atoms with E-state index in [1.807, 2.05) is 18.2 Å². The molecule has 118 valence electrons. The number of nitrogens with two attached hydrogens (primary N) is 1. The van der Waals surface area contributed by atoms with Crippen LogP contribution >= 0.6 is 0 Å². The van der Waals surface area contributed by atoms with E-state index in [4.69, 9.17) is 10.5 Å². The zero-order valence-corrected chi connectivity index (χ0v) is 13.9. The number of hydrogen-bond donors (Lipinski definition) is 1. The summed E-state index contributed by atoms with van der Waals surface area (Å²) in [5.41, 5.74) is 8.40. The van der Waals surface area contributed by atoms with Gasteiger partial charge in [0.2, 0.25) is 0 Å². The van der Waals surface area contributed by atoms with Gasteiger partial charge in [0.25, 0.3) is 0 Å². The van der Waals surface area contributed by atoms with Crippen LogP contribution in [-0.4, -0.2) is 25.5 Å². The summed E-state index contributed by atoms with van der Waals surface area (Å²) in [6, 6.07) is 5.94. The Morgan fingerprint density at radius 1 is 1.33 bits per heavy atom. The summed E-state index contributed by atoms with van der Waals surface area (Å²) in [7, 11) is -3.15. The fourth-order valence-corrected chi connectivity index (χ4v) is 3.47. The second kappa shape index (κ2) is 5.97. The molecule has 1 aliphatic carbocycles. The molecule has 1 aromatic carbocycles. The Bertz CT molecular complexity index is 602. The maximum Gasteiger partial charge on any atom is 0.158 e. The van der Waals surface area contributed by atoms with Crippen LogP contribution in [0.25, 0.3) is 0 Å². The third-order valence-electron chi connectivity index (χ3n) is 4.05. The molecule has 0 radical (unpaired) electrons. The average Bonchev–Trinajstić information content (AvgIpc) is 2.38. The minimum Gasteiger partial charge on any atom is -0.492 e. The maximum absolute atomic E-state index is 12.1. The zero-order valence-electron chi connectivity index (χ0n) is 13.1. The maximum atomic E-state index is 12.1. The topological polar surface area (TPSA) is 69.4 Å². The largest absolute Gasteiger partial charge is 0.492 e. The molecule has 0 saturated carbocycles. The molecule has 4 nitrogen and oxygen atoms in total. The standard InChI is InChI=1S/C16H25NO3S/c1-16(2,3)21(18,19)11-10-20-15-9-5-6-12-13(15)7-4-8-14(12)17/h5-6,9,14H,4,7-8,10-11,17H2,1-3H3. The van der Waals surface area contributed by atoms with Gasteiger partial charge in [-0.05, 0) is 57.2 Å². The van der Waals surface area contributed by atoms with Crippen LogP contribution in [0.5, 0.6) is 5.75 Å². The van der Waals surface area contributed by atoms with Crippen LogP contribution in [0.1, 0.15) is 50.8 Å². The Balaban J connectivity index is 2.07. The minimum absolute atomic E-state index is 0.0339. The average molecular weight is 311 g/mol. The Morgan fingerprint density at radius 2 is 2.05 bits per heavy atom. The number of benzene rings is 1. The van der Waals surface area contributed by atoms with Crippen molar-refractivity contribution in [2.45, 2.75) is 50.8 Å². The first kappa shape index (κ1) is 16.3. The molecule has 0 amide bonds. The van der Waals surface area contributed by atoms with E-state index in [2.05, 4.69) is 0 Å². The first-order valence-corrected chi connectivity index (χ1v) is 9.10. The Kier molecular flexibility index (Phi) is 4.63. The molecule has 1 atom stereocenters. The highest BCUT2D eigenvalue weighted by Gasteiger charge is 2.28. The summed E-state index contributed by atoms with van der Waals surface area (Å²) in [4.78, 5) is 0. The zero-order chi connectivity index (χ0) is 15.7. The first-order valence-electron chi connectivity index (χ1n) is 7.45. The number of ether oxygens (including phenoxy) is 1. The Labute approximate surface area is 127 Å². The van der Waals surface area contributed by atoms with Gasteiger partial charge < -0.3 is 10.5 Å². The van der Waals surface area contributed by atoms with E-state index in [-0.39, 0.29) is 18.4 Å². The summed E-state index contributed by atoms with van der Waals surface area (Å²) in [5.74, 6) is 0.818. The molecule has 5 heteroatoms.